The quantitative estimate of drug-likeness (QED) is 0.683. The lowest BCUT2D eigenvalue weighted by atomic mass is 9.96. The van der Waals surface area contributed by atoms with E-state index >= 15 is 0 Å². The molecule has 2 aromatic rings. The van der Waals surface area contributed by atoms with Gasteiger partial charge in [-0.3, -0.25) is 9.59 Å². The molecule has 7 nitrogen and oxygen atoms in total. The fourth-order valence-corrected chi connectivity index (χ4v) is 2.70. The number of methoxy groups -OCH3 is 1. The fourth-order valence-electron chi connectivity index (χ4n) is 2.70. The molecule has 0 saturated heterocycles. The van der Waals surface area contributed by atoms with Crippen molar-refractivity contribution >= 4 is 11.8 Å². The van der Waals surface area contributed by atoms with E-state index in [1.54, 1.807) is 13.3 Å². The second kappa shape index (κ2) is 9.39. The number of nitrogens with one attached hydrogen (secondary N) is 2. The number of carbonyl (C=O) groups excluding carboxylic acids is 2. The molecular weight excluding hydrogens is 356 g/mol. The van der Waals surface area contributed by atoms with Gasteiger partial charge in [0, 0.05) is 37.8 Å². The summed E-state index contributed by atoms with van der Waals surface area (Å²) < 4.78 is 7.10. The minimum Gasteiger partial charge on any atom is -0.497 e. The number of hydrogen-bond donors (Lipinski definition) is 2. The van der Waals surface area contributed by atoms with Crippen LogP contribution in [0, 0.1) is 5.41 Å². The molecule has 1 atom stereocenters. The number of benzene rings is 1. The maximum atomic E-state index is 12.5. The Kier molecular flexibility index (Phi) is 7.20. The van der Waals surface area contributed by atoms with Gasteiger partial charge in [0.1, 0.15) is 17.6 Å². The average molecular weight is 386 g/mol. The van der Waals surface area contributed by atoms with Crippen molar-refractivity contribution in [3.05, 3.63) is 48.0 Å². The number of hydrogen-bond acceptors (Lipinski definition) is 4. The third kappa shape index (κ3) is 5.84. The number of aryl methyl sites for hydroxylation is 1. The molecular formula is C21H30N4O3. The van der Waals surface area contributed by atoms with E-state index in [1.807, 2.05) is 62.8 Å². The van der Waals surface area contributed by atoms with Crippen molar-refractivity contribution in [1.82, 2.24) is 20.2 Å². The summed E-state index contributed by atoms with van der Waals surface area (Å²) >= 11 is 0. The highest BCUT2D eigenvalue weighted by molar-refractivity contribution is 5.81. The number of ether oxygens (including phenoxy) is 1. The average Bonchev–Trinajstić information content (AvgIpc) is 3.08. The summed E-state index contributed by atoms with van der Waals surface area (Å²) in [5.41, 5.74) is 0.490. The smallest absolute Gasteiger partial charge is 0.225 e. The van der Waals surface area contributed by atoms with Crippen molar-refractivity contribution in [2.45, 2.75) is 39.7 Å². The Morgan fingerprint density at radius 3 is 2.43 bits per heavy atom. The predicted octanol–water partition coefficient (Wildman–Crippen LogP) is 2.58. The number of rotatable bonds is 8. The Bertz CT molecular complexity index is 791. The normalized spacial score (nSPS) is 12.3. The topological polar surface area (TPSA) is 85.2 Å². The molecule has 0 spiro atoms. The number of amides is 2. The molecule has 1 aromatic heterocycles. The molecule has 0 aliphatic heterocycles. The van der Waals surface area contributed by atoms with Gasteiger partial charge in [-0.05, 0) is 24.1 Å². The summed E-state index contributed by atoms with van der Waals surface area (Å²) in [4.78, 5) is 28.8. The molecule has 0 saturated carbocycles. The summed E-state index contributed by atoms with van der Waals surface area (Å²) in [5.74, 6) is 1.40. The summed E-state index contributed by atoms with van der Waals surface area (Å²) in [6.07, 6.45) is 4.45. The first kappa shape index (κ1) is 21.5. The van der Waals surface area contributed by atoms with Gasteiger partial charge >= 0.3 is 0 Å². The van der Waals surface area contributed by atoms with Crippen LogP contribution < -0.4 is 15.4 Å². The summed E-state index contributed by atoms with van der Waals surface area (Å²) in [6.45, 7) is 6.06. The zero-order chi connectivity index (χ0) is 20.7. The van der Waals surface area contributed by atoms with E-state index in [0.29, 0.717) is 19.4 Å². The van der Waals surface area contributed by atoms with Gasteiger partial charge in [-0.25, -0.2) is 4.98 Å². The van der Waals surface area contributed by atoms with E-state index < -0.39 is 5.41 Å². The number of aromatic nitrogens is 2. The highest BCUT2D eigenvalue weighted by Gasteiger charge is 2.22. The Balaban J connectivity index is 1.99. The lowest BCUT2D eigenvalue weighted by Crippen LogP contribution is -2.36. The molecule has 0 radical (unpaired) electrons. The van der Waals surface area contributed by atoms with Crippen LogP contribution >= 0.6 is 0 Å². The molecule has 0 aliphatic rings. The molecule has 28 heavy (non-hydrogen) atoms. The third-order valence-corrected chi connectivity index (χ3v) is 4.42. The summed E-state index contributed by atoms with van der Waals surface area (Å²) in [5, 5.41) is 5.92. The lowest BCUT2D eigenvalue weighted by Gasteiger charge is -2.20. The molecule has 1 unspecified atom stereocenters. The minimum absolute atomic E-state index is 0.0166. The van der Waals surface area contributed by atoms with Crippen LogP contribution in [0.15, 0.2) is 36.7 Å². The highest BCUT2D eigenvalue weighted by Crippen LogP contribution is 2.23. The molecule has 0 fully saturated rings. The monoisotopic (exact) mass is 386 g/mol. The van der Waals surface area contributed by atoms with E-state index in [9.17, 15) is 9.59 Å². The van der Waals surface area contributed by atoms with Crippen LogP contribution in [0.3, 0.4) is 0 Å². The van der Waals surface area contributed by atoms with E-state index in [2.05, 4.69) is 15.6 Å². The molecule has 7 heteroatoms. The maximum absolute atomic E-state index is 12.5. The molecule has 2 rings (SSSR count). The summed E-state index contributed by atoms with van der Waals surface area (Å²) in [6, 6.07) is 7.20. The van der Waals surface area contributed by atoms with Gasteiger partial charge in [0.15, 0.2) is 0 Å². The fraction of sp³-hybridized carbons (Fsp3) is 0.476. The van der Waals surface area contributed by atoms with E-state index in [1.165, 1.54) is 0 Å². The zero-order valence-electron chi connectivity index (χ0n) is 17.3. The van der Waals surface area contributed by atoms with Crippen LogP contribution in [0.1, 0.15) is 51.0 Å². The highest BCUT2D eigenvalue weighted by atomic mass is 16.5. The van der Waals surface area contributed by atoms with Gasteiger partial charge in [-0.1, -0.05) is 32.9 Å². The molecule has 2 amide bonds. The van der Waals surface area contributed by atoms with Crippen LogP contribution in [0.4, 0.5) is 0 Å². The van der Waals surface area contributed by atoms with Crippen LogP contribution in [0.25, 0.3) is 0 Å². The van der Waals surface area contributed by atoms with E-state index in [4.69, 9.17) is 4.74 Å². The van der Waals surface area contributed by atoms with Gasteiger partial charge in [-0.15, -0.1) is 0 Å². The number of carbonyl (C=O) groups is 2. The first-order valence-corrected chi connectivity index (χ1v) is 9.41. The van der Waals surface area contributed by atoms with Crippen molar-refractivity contribution in [3.8, 4) is 5.75 Å². The van der Waals surface area contributed by atoms with Crippen LogP contribution in [-0.4, -0.2) is 35.0 Å². The third-order valence-electron chi connectivity index (χ3n) is 4.42. The summed E-state index contributed by atoms with van der Waals surface area (Å²) in [7, 11) is 3.51. The molecule has 1 aromatic carbocycles. The van der Waals surface area contributed by atoms with Crippen molar-refractivity contribution in [3.63, 3.8) is 0 Å². The van der Waals surface area contributed by atoms with E-state index in [0.717, 1.165) is 17.1 Å². The molecule has 2 N–H and O–H groups in total. The predicted molar refractivity (Wildman–Crippen MR) is 108 cm³/mol. The lowest BCUT2D eigenvalue weighted by molar-refractivity contribution is -0.128. The van der Waals surface area contributed by atoms with Crippen molar-refractivity contribution in [2.24, 2.45) is 12.5 Å². The minimum atomic E-state index is -0.431. The Hall–Kier alpha value is -2.83. The maximum Gasteiger partial charge on any atom is 0.225 e. The van der Waals surface area contributed by atoms with Gasteiger partial charge in [0.25, 0.3) is 0 Å². The van der Waals surface area contributed by atoms with Crippen LogP contribution in [0.5, 0.6) is 5.75 Å². The van der Waals surface area contributed by atoms with E-state index in [-0.39, 0.29) is 17.9 Å². The second-order valence-electron chi connectivity index (χ2n) is 7.78. The molecule has 0 aliphatic carbocycles. The van der Waals surface area contributed by atoms with Gasteiger partial charge in [0.05, 0.1) is 7.11 Å². The first-order valence-electron chi connectivity index (χ1n) is 9.41. The van der Waals surface area contributed by atoms with Gasteiger partial charge in [0.2, 0.25) is 11.8 Å². The van der Waals surface area contributed by atoms with Crippen molar-refractivity contribution < 1.29 is 14.3 Å². The molecule has 0 bridgehead atoms. The van der Waals surface area contributed by atoms with Gasteiger partial charge in [-0.2, -0.15) is 0 Å². The van der Waals surface area contributed by atoms with Gasteiger partial charge < -0.3 is 19.9 Å². The number of imidazole rings is 1. The second-order valence-corrected chi connectivity index (χ2v) is 7.78. The standard InChI is InChI=1S/C21H30N4O3/c1-21(2,3)20(27)23-12-6-7-17(26)24-18(19-22-13-14-25(19)4)15-8-10-16(28-5)11-9-15/h8-11,13-14,18H,6-7,12H2,1-5H3,(H,23,27)(H,24,26). The first-order chi connectivity index (χ1) is 13.2. The van der Waals surface area contributed by atoms with Crippen LogP contribution in [0.2, 0.25) is 0 Å². The number of nitrogens with zero attached hydrogens (tertiary/aromatic N) is 2. The SMILES string of the molecule is COc1ccc(C(NC(=O)CCCNC(=O)C(C)(C)C)c2nccn2C)cc1. The Morgan fingerprint density at radius 1 is 1.21 bits per heavy atom. The Labute approximate surface area is 166 Å². The van der Waals surface area contributed by atoms with Crippen LogP contribution in [-0.2, 0) is 16.6 Å². The largest absolute Gasteiger partial charge is 0.497 e. The molecule has 1 heterocycles. The van der Waals surface area contributed by atoms with Crippen molar-refractivity contribution in [1.29, 1.82) is 0 Å². The zero-order valence-corrected chi connectivity index (χ0v) is 17.3. The molecule has 152 valence electrons. The Morgan fingerprint density at radius 2 is 1.89 bits per heavy atom. The van der Waals surface area contributed by atoms with Crippen molar-refractivity contribution in [2.75, 3.05) is 13.7 Å².